The molecule has 1 aromatic carbocycles. The first-order chi connectivity index (χ1) is 15.5. The molecule has 0 saturated carbocycles. The van der Waals surface area contributed by atoms with Crippen LogP contribution in [0.3, 0.4) is 0 Å². The van der Waals surface area contributed by atoms with Crippen molar-refractivity contribution in [3.63, 3.8) is 0 Å². The van der Waals surface area contributed by atoms with Crippen molar-refractivity contribution >= 4 is 17.4 Å². The monoisotopic (exact) mass is 439 g/mol. The second kappa shape index (κ2) is 8.67. The van der Waals surface area contributed by atoms with E-state index in [2.05, 4.69) is 27.5 Å². The van der Waals surface area contributed by atoms with E-state index in [0.29, 0.717) is 30.1 Å². The third kappa shape index (κ3) is 4.29. The van der Waals surface area contributed by atoms with Gasteiger partial charge in [-0.05, 0) is 75.6 Å². The van der Waals surface area contributed by atoms with Crippen LogP contribution in [0.4, 0.5) is 20.6 Å². The molecule has 0 radical (unpaired) electrons. The summed E-state index contributed by atoms with van der Waals surface area (Å²) in [5, 5.41) is 5.21. The molecule has 1 aromatic heterocycles. The number of benzene rings is 1. The van der Waals surface area contributed by atoms with E-state index >= 15 is 0 Å². The molecule has 2 aromatic rings. The molecular formula is C24H30FN5O2. The Kier molecular flexibility index (Phi) is 5.73. The Bertz CT molecular complexity index is 1060. The van der Waals surface area contributed by atoms with E-state index < -0.39 is 11.8 Å². The number of pyridine rings is 1. The molecule has 2 atom stereocenters. The molecule has 32 heavy (non-hydrogen) atoms. The lowest BCUT2D eigenvalue weighted by Crippen LogP contribution is -2.53. The molecule has 5 rings (SSSR count). The molecule has 8 heteroatoms. The molecule has 170 valence electrons. The molecule has 2 bridgehead atoms. The van der Waals surface area contributed by atoms with Gasteiger partial charge in [0.1, 0.15) is 11.5 Å². The summed E-state index contributed by atoms with van der Waals surface area (Å²) in [5.41, 5.74) is 1.48. The average molecular weight is 440 g/mol. The summed E-state index contributed by atoms with van der Waals surface area (Å²) in [6, 6.07) is 9.43. The van der Waals surface area contributed by atoms with Gasteiger partial charge < -0.3 is 20.1 Å². The van der Waals surface area contributed by atoms with Gasteiger partial charge in [-0.3, -0.25) is 9.69 Å². The van der Waals surface area contributed by atoms with Crippen molar-refractivity contribution in [1.29, 1.82) is 0 Å². The maximum Gasteiger partial charge on any atom is 0.323 e. The van der Waals surface area contributed by atoms with Crippen LogP contribution in [0.2, 0.25) is 0 Å². The van der Waals surface area contributed by atoms with Crippen molar-refractivity contribution in [2.45, 2.75) is 37.8 Å². The van der Waals surface area contributed by atoms with Crippen molar-refractivity contribution < 1.29 is 9.18 Å². The zero-order valence-electron chi connectivity index (χ0n) is 18.4. The Morgan fingerprint density at radius 2 is 1.88 bits per heavy atom. The number of carbonyl (C=O) groups excluding carboxylic acids is 1. The summed E-state index contributed by atoms with van der Waals surface area (Å²) in [4.78, 5) is 30.5. The molecule has 2 N–H and O–H groups in total. The minimum atomic E-state index is -0.558. The van der Waals surface area contributed by atoms with E-state index in [4.69, 9.17) is 0 Å². The number of rotatable bonds is 3. The van der Waals surface area contributed by atoms with E-state index in [-0.39, 0.29) is 11.2 Å². The molecule has 3 aliphatic heterocycles. The maximum absolute atomic E-state index is 13.3. The largest absolute Gasteiger partial charge is 0.323 e. The van der Waals surface area contributed by atoms with Crippen LogP contribution in [0.15, 0.2) is 41.2 Å². The third-order valence-electron chi connectivity index (χ3n) is 7.17. The van der Waals surface area contributed by atoms with Crippen molar-refractivity contribution in [1.82, 2.24) is 14.4 Å². The quantitative estimate of drug-likeness (QED) is 0.771. The third-order valence-corrected chi connectivity index (χ3v) is 7.17. The summed E-state index contributed by atoms with van der Waals surface area (Å²) < 4.78 is 15.2. The van der Waals surface area contributed by atoms with Crippen molar-refractivity contribution in [3.05, 3.63) is 58.3 Å². The fourth-order valence-corrected chi connectivity index (χ4v) is 5.59. The zero-order chi connectivity index (χ0) is 22.2. The standard InChI is InChI=1S/C24H30FN5O2/c1-28-9-7-20(8-10-28)29-13-16-11-17(15-29)22-6-5-21(23(31)30(22)14-16)27-24(32)26-19-4-2-3-18(25)12-19/h2-6,12,16-17,20H,7-11,13-15H2,1H3,(H2,26,27,32). The highest BCUT2D eigenvalue weighted by Crippen LogP contribution is 2.37. The maximum atomic E-state index is 13.3. The van der Waals surface area contributed by atoms with Gasteiger partial charge in [-0.1, -0.05) is 6.07 Å². The minimum Gasteiger partial charge on any atom is -0.310 e. The number of hydrogen-bond donors (Lipinski definition) is 2. The Hall–Kier alpha value is -2.71. The first-order valence-corrected chi connectivity index (χ1v) is 11.5. The van der Waals surface area contributed by atoms with E-state index in [9.17, 15) is 14.0 Å². The molecule has 2 unspecified atom stereocenters. The van der Waals surface area contributed by atoms with Crippen LogP contribution < -0.4 is 16.2 Å². The Morgan fingerprint density at radius 3 is 2.66 bits per heavy atom. The van der Waals surface area contributed by atoms with Gasteiger partial charge >= 0.3 is 6.03 Å². The van der Waals surface area contributed by atoms with Crippen LogP contribution in [0.25, 0.3) is 0 Å². The van der Waals surface area contributed by atoms with Crippen LogP contribution in [-0.2, 0) is 6.54 Å². The number of anilines is 2. The fraction of sp³-hybridized carbons (Fsp3) is 0.500. The van der Waals surface area contributed by atoms with Gasteiger partial charge in [0.25, 0.3) is 5.56 Å². The summed E-state index contributed by atoms with van der Waals surface area (Å²) in [7, 11) is 2.19. The van der Waals surface area contributed by atoms with Crippen LogP contribution in [0.1, 0.15) is 30.9 Å². The lowest BCUT2D eigenvalue weighted by Gasteiger charge is -2.47. The lowest BCUT2D eigenvalue weighted by molar-refractivity contribution is 0.0517. The van der Waals surface area contributed by atoms with Crippen LogP contribution in [-0.4, -0.2) is 59.7 Å². The van der Waals surface area contributed by atoms with Gasteiger partial charge in [-0.2, -0.15) is 0 Å². The number of nitrogens with zero attached hydrogens (tertiary/aromatic N) is 3. The molecule has 2 amide bonds. The molecule has 2 fully saturated rings. The number of urea groups is 1. The Labute approximate surface area is 187 Å². The highest BCUT2D eigenvalue weighted by atomic mass is 19.1. The Morgan fingerprint density at radius 1 is 1.06 bits per heavy atom. The molecule has 3 aliphatic rings. The van der Waals surface area contributed by atoms with Gasteiger partial charge in [0.2, 0.25) is 0 Å². The molecule has 0 spiro atoms. The SMILES string of the molecule is CN1CCC(N2CC3CC(C2)c2ccc(NC(=O)Nc4cccc(F)c4)c(=O)n2C3)CC1. The zero-order valence-corrected chi connectivity index (χ0v) is 18.4. The van der Waals surface area contributed by atoms with Crippen molar-refractivity contribution in [2.75, 3.05) is 43.9 Å². The van der Waals surface area contributed by atoms with Crippen molar-refractivity contribution in [2.24, 2.45) is 5.92 Å². The number of carbonyl (C=O) groups is 1. The summed E-state index contributed by atoms with van der Waals surface area (Å²) in [5.74, 6) is 0.373. The van der Waals surface area contributed by atoms with Crippen LogP contribution in [0.5, 0.6) is 0 Å². The number of nitrogens with one attached hydrogen (secondary N) is 2. The number of likely N-dealkylation sites (tertiary alicyclic amines) is 2. The second-order valence-electron chi connectivity index (χ2n) is 9.46. The number of piperidine rings is 2. The second-order valence-corrected chi connectivity index (χ2v) is 9.46. The van der Waals surface area contributed by atoms with Crippen LogP contribution in [0, 0.1) is 11.7 Å². The average Bonchev–Trinajstić information content (AvgIpc) is 2.76. The number of amides is 2. The van der Waals surface area contributed by atoms with Gasteiger partial charge in [0.05, 0.1) is 0 Å². The first kappa shape index (κ1) is 21.2. The first-order valence-electron chi connectivity index (χ1n) is 11.5. The van der Waals surface area contributed by atoms with Gasteiger partial charge in [0, 0.05) is 43.0 Å². The fourth-order valence-electron chi connectivity index (χ4n) is 5.59. The molecular weight excluding hydrogens is 409 g/mol. The topological polar surface area (TPSA) is 69.6 Å². The minimum absolute atomic E-state index is 0.167. The smallest absolute Gasteiger partial charge is 0.310 e. The lowest BCUT2D eigenvalue weighted by atomic mass is 9.82. The number of hydrogen-bond acceptors (Lipinski definition) is 4. The van der Waals surface area contributed by atoms with Gasteiger partial charge in [-0.15, -0.1) is 0 Å². The Balaban J connectivity index is 1.30. The van der Waals surface area contributed by atoms with Crippen molar-refractivity contribution in [3.8, 4) is 0 Å². The van der Waals surface area contributed by atoms with Gasteiger partial charge in [0.15, 0.2) is 0 Å². The molecule has 4 heterocycles. The molecule has 0 aliphatic carbocycles. The van der Waals surface area contributed by atoms with E-state index in [1.807, 2.05) is 10.6 Å². The molecule has 2 saturated heterocycles. The van der Waals surface area contributed by atoms with E-state index in [0.717, 1.165) is 38.3 Å². The molecule has 7 nitrogen and oxygen atoms in total. The summed E-state index contributed by atoms with van der Waals surface area (Å²) >= 11 is 0. The van der Waals surface area contributed by atoms with Crippen LogP contribution >= 0.6 is 0 Å². The highest BCUT2D eigenvalue weighted by molar-refractivity contribution is 5.99. The number of fused-ring (bicyclic) bond motifs is 4. The normalized spacial score (nSPS) is 24.1. The highest BCUT2D eigenvalue weighted by Gasteiger charge is 2.37. The summed E-state index contributed by atoms with van der Waals surface area (Å²) in [6.07, 6.45) is 3.55. The number of aromatic nitrogens is 1. The number of halogens is 1. The summed E-state index contributed by atoms with van der Waals surface area (Å²) in [6.45, 7) is 5.03. The predicted octanol–water partition coefficient (Wildman–Crippen LogP) is 3.14. The van der Waals surface area contributed by atoms with E-state index in [1.165, 1.54) is 31.0 Å². The van der Waals surface area contributed by atoms with Gasteiger partial charge in [-0.25, -0.2) is 9.18 Å². The predicted molar refractivity (Wildman–Crippen MR) is 123 cm³/mol. The van der Waals surface area contributed by atoms with E-state index in [1.54, 1.807) is 12.1 Å².